The van der Waals surface area contributed by atoms with E-state index in [0.717, 1.165) is 0 Å². The first-order valence-electron chi connectivity index (χ1n) is 4.33. The monoisotopic (exact) mass is 186 g/mol. The van der Waals surface area contributed by atoms with Crippen molar-refractivity contribution < 1.29 is 14.3 Å². The summed E-state index contributed by atoms with van der Waals surface area (Å²) in [6, 6.07) is 0. The topological polar surface area (TPSA) is 43.4 Å². The van der Waals surface area contributed by atoms with Gasteiger partial charge in [0.1, 0.15) is 18.2 Å². The molecular formula is C10H18O3. The molecule has 0 aliphatic carbocycles. The van der Waals surface area contributed by atoms with Crippen LogP contribution in [0.15, 0.2) is 0 Å². The van der Waals surface area contributed by atoms with Crippen LogP contribution in [0.1, 0.15) is 27.7 Å². The van der Waals surface area contributed by atoms with E-state index in [2.05, 4.69) is 0 Å². The molecule has 0 spiro atoms. The molecule has 0 heterocycles. The normalized spacial score (nSPS) is 16.4. The zero-order chi connectivity index (χ0) is 10.6. The minimum Gasteiger partial charge on any atom is -0.373 e. The predicted molar refractivity (Wildman–Crippen MR) is 50.5 cm³/mol. The maximum atomic E-state index is 11.3. The van der Waals surface area contributed by atoms with Crippen LogP contribution in [0, 0.1) is 11.3 Å². The van der Waals surface area contributed by atoms with Crippen LogP contribution >= 0.6 is 0 Å². The van der Waals surface area contributed by atoms with Crippen LogP contribution in [0.25, 0.3) is 0 Å². The van der Waals surface area contributed by atoms with Gasteiger partial charge < -0.3 is 9.53 Å². The molecule has 0 aliphatic rings. The number of carbonyl (C=O) groups excluding carboxylic acids is 2. The van der Waals surface area contributed by atoms with Gasteiger partial charge in [-0.25, -0.2) is 0 Å². The summed E-state index contributed by atoms with van der Waals surface area (Å²) in [5.74, 6) is -0.374. The van der Waals surface area contributed by atoms with Gasteiger partial charge in [-0.15, -0.1) is 0 Å². The van der Waals surface area contributed by atoms with Crippen LogP contribution < -0.4 is 0 Å². The Bertz CT molecular complexity index is 191. The number of ketones is 1. The van der Waals surface area contributed by atoms with E-state index in [1.165, 1.54) is 14.0 Å². The highest BCUT2D eigenvalue weighted by Gasteiger charge is 2.35. The van der Waals surface area contributed by atoms with Crippen molar-refractivity contribution in [2.45, 2.75) is 33.8 Å². The Balaban J connectivity index is 4.79. The molecule has 0 aromatic heterocycles. The van der Waals surface area contributed by atoms with Crippen LogP contribution in [0.5, 0.6) is 0 Å². The zero-order valence-electron chi connectivity index (χ0n) is 8.96. The third-order valence-corrected chi connectivity index (χ3v) is 2.11. The quantitative estimate of drug-likeness (QED) is 0.624. The lowest BCUT2D eigenvalue weighted by atomic mass is 9.75. The fourth-order valence-electron chi connectivity index (χ4n) is 1.60. The molecule has 2 atom stereocenters. The van der Waals surface area contributed by atoms with Crippen molar-refractivity contribution in [1.29, 1.82) is 0 Å². The van der Waals surface area contributed by atoms with E-state index in [0.29, 0.717) is 6.29 Å². The van der Waals surface area contributed by atoms with Crippen molar-refractivity contribution in [2.24, 2.45) is 11.3 Å². The maximum absolute atomic E-state index is 11.3. The van der Waals surface area contributed by atoms with E-state index in [9.17, 15) is 9.59 Å². The molecule has 0 radical (unpaired) electrons. The van der Waals surface area contributed by atoms with Gasteiger partial charge in [-0.1, -0.05) is 20.8 Å². The molecule has 13 heavy (non-hydrogen) atoms. The lowest BCUT2D eigenvalue weighted by Gasteiger charge is -2.31. The highest BCUT2D eigenvalue weighted by atomic mass is 16.5. The molecule has 3 heteroatoms. The number of Topliss-reactive ketones (excluding diaryl/α,β-unsaturated/α-hetero) is 1. The number of methoxy groups -OCH3 is 1. The Morgan fingerprint density at radius 2 is 1.85 bits per heavy atom. The molecule has 0 aromatic carbocycles. The summed E-state index contributed by atoms with van der Waals surface area (Å²) in [4.78, 5) is 22.0. The van der Waals surface area contributed by atoms with E-state index in [1.54, 1.807) is 0 Å². The summed E-state index contributed by atoms with van der Waals surface area (Å²) in [6.45, 7) is 7.27. The maximum Gasteiger partial charge on any atom is 0.149 e. The number of rotatable bonds is 4. The van der Waals surface area contributed by atoms with E-state index in [1.807, 2.05) is 20.8 Å². The number of hydrogen-bond acceptors (Lipinski definition) is 3. The van der Waals surface area contributed by atoms with Crippen molar-refractivity contribution in [3.05, 3.63) is 0 Å². The van der Waals surface area contributed by atoms with Gasteiger partial charge in [0.05, 0.1) is 5.92 Å². The second kappa shape index (κ2) is 4.51. The van der Waals surface area contributed by atoms with Gasteiger partial charge in [-0.05, 0) is 12.3 Å². The summed E-state index contributed by atoms with van der Waals surface area (Å²) in [7, 11) is 1.45. The average molecular weight is 186 g/mol. The van der Waals surface area contributed by atoms with Gasteiger partial charge in [0.15, 0.2) is 0 Å². The first-order valence-corrected chi connectivity index (χ1v) is 4.33. The van der Waals surface area contributed by atoms with Crippen molar-refractivity contribution in [3.63, 3.8) is 0 Å². The average Bonchev–Trinajstić information content (AvgIpc) is 1.96. The first kappa shape index (κ1) is 12.3. The van der Waals surface area contributed by atoms with Crippen LogP contribution in [-0.4, -0.2) is 25.3 Å². The Hall–Kier alpha value is -0.700. The molecule has 0 fully saturated rings. The molecule has 0 rings (SSSR count). The second-order valence-electron chi connectivity index (χ2n) is 4.29. The fraction of sp³-hybridized carbons (Fsp3) is 0.800. The molecule has 0 saturated heterocycles. The van der Waals surface area contributed by atoms with E-state index < -0.39 is 6.10 Å². The van der Waals surface area contributed by atoms with Crippen LogP contribution in [0.3, 0.4) is 0 Å². The Morgan fingerprint density at radius 1 is 1.38 bits per heavy atom. The summed E-state index contributed by atoms with van der Waals surface area (Å²) in [6.07, 6.45) is 0.0645. The first-order chi connectivity index (χ1) is 5.84. The number of carbonyl (C=O) groups is 2. The molecule has 0 amide bonds. The highest BCUT2D eigenvalue weighted by molar-refractivity contribution is 5.83. The number of aldehydes is 1. The molecule has 0 aromatic rings. The van der Waals surface area contributed by atoms with Gasteiger partial charge in [0, 0.05) is 7.11 Å². The summed E-state index contributed by atoms with van der Waals surface area (Å²) in [5, 5.41) is 0. The van der Waals surface area contributed by atoms with Crippen LogP contribution in [0.2, 0.25) is 0 Å². The lowest BCUT2D eigenvalue weighted by molar-refractivity contribution is -0.136. The zero-order valence-corrected chi connectivity index (χ0v) is 8.96. The third-order valence-electron chi connectivity index (χ3n) is 2.11. The molecule has 2 unspecified atom stereocenters. The SMILES string of the molecule is COC(C=O)C(C(C)=O)C(C)(C)C. The molecular weight excluding hydrogens is 168 g/mol. The van der Waals surface area contributed by atoms with E-state index >= 15 is 0 Å². The van der Waals surface area contributed by atoms with Gasteiger partial charge in [0.25, 0.3) is 0 Å². The molecule has 0 saturated carbocycles. The standard InChI is InChI=1S/C10H18O3/c1-7(12)9(10(2,3)4)8(6-11)13-5/h6,8-9H,1-5H3. The summed E-state index contributed by atoms with van der Waals surface area (Å²) >= 11 is 0. The third kappa shape index (κ3) is 3.27. The van der Waals surface area contributed by atoms with Gasteiger partial charge in [-0.2, -0.15) is 0 Å². The van der Waals surface area contributed by atoms with Gasteiger partial charge in [-0.3, -0.25) is 4.79 Å². The van der Waals surface area contributed by atoms with Gasteiger partial charge in [0.2, 0.25) is 0 Å². The molecule has 0 aliphatic heterocycles. The minimum atomic E-state index is -0.627. The van der Waals surface area contributed by atoms with Crippen molar-refractivity contribution >= 4 is 12.1 Å². The largest absolute Gasteiger partial charge is 0.373 e. The summed E-state index contributed by atoms with van der Waals surface area (Å²) < 4.78 is 4.96. The smallest absolute Gasteiger partial charge is 0.149 e. The fourth-order valence-corrected chi connectivity index (χ4v) is 1.60. The molecule has 0 N–H and O–H groups in total. The van der Waals surface area contributed by atoms with Crippen molar-refractivity contribution in [3.8, 4) is 0 Å². The predicted octanol–water partition coefficient (Wildman–Crippen LogP) is 1.45. The molecule has 0 bridgehead atoms. The van der Waals surface area contributed by atoms with Crippen LogP contribution in [0.4, 0.5) is 0 Å². The van der Waals surface area contributed by atoms with Crippen LogP contribution in [-0.2, 0) is 14.3 Å². The van der Waals surface area contributed by atoms with Crippen molar-refractivity contribution in [1.82, 2.24) is 0 Å². The lowest BCUT2D eigenvalue weighted by Crippen LogP contribution is -2.39. The Kier molecular flexibility index (Phi) is 4.27. The van der Waals surface area contributed by atoms with Gasteiger partial charge >= 0.3 is 0 Å². The minimum absolute atomic E-state index is 0.00792. The summed E-state index contributed by atoms with van der Waals surface area (Å²) in [5.41, 5.74) is -0.243. The van der Waals surface area contributed by atoms with E-state index in [4.69, 9.17) is 4.74 Å². The van der Waals surface area contributed by atoms with Crippen molar-refractivity contribution in [2.75, 3.05) is 7.11 Å². The Morgan fingerprint density at radius 3 is 1.92 bits per heavy atom. The van der Waals surface area contributed by atoms with E-state index in [-0.39, 0.29) is 17.1 Å². The highest BCUT2D eigenvalue weighted by Crippen LogP contribution is 2.30. The number of ether oxygens (including phenoxy) is 1. The number of hydrogen-bond donors (Lipinski definition) is 0. The molecule has 76 valence electrons. The molecule has 3 nitrogen and oxygen atoms in total. The second-order valence-corrected chi connectivity index (χ2v) is 4.29. The Labute approximate surface area is 79.5 Å².